The summed E-state index contributed by atoms with van der Waals surface area (Å²) < 4.78 is 0. The Hall–Kier alpha value is -1.65. The van der Waals surface area contributed by atoms with Gasteiger partial charge in [0.05, 0.1) is 11.4 Å². The number of rotatable bonds is 2. The quantitative estimate of drug-likeness (QED) is 0.729. The van der Waals surface area contributed by atoms with E-state index in [0.29, 0.717) is 11.4 Å². The summed E-state index contributed by atoms with van der Waals surface area (Å²) in [5, 5.41) is 8.99. The molecule has 1 fully saturated rings. The van der Waals surface area contributed by atoms with E-state index in [1.54, 1.807) is 6.92 Å². The first-order valence-electron chi connectivity index (χ1n) is 4.47. The molecule has 14 heavy (non-hydrogen) atoms. The van der Waals surface area contributed by atoms with Gasteiger partial charge in [-0.15, -0.1) is 0 Å². The number of anilines is 1. The van der Waals surface area contributed by atoms with Crippen molar-refractivity contribution in [3.05, 3.63) is 17.0 Å². The number of aromatic nitrogens is 2. The number of carboxylic acid groups (broad SMARTS) is 1. The molecule has 5 nitrogen and oxygen atoms in total. The molecule has 0 aliphatic heterocycles. The number of nitrogen functional groups attached to an aromatic ring is 1. The van der Waals surface area contributed by atoms with Gasteiger partial charge in [0.2, 0.25) is 5.95 Å². The van der Waals surface area contributed by atoms with E-state index in [1.165, 1.54) is 0 Å². The Balaban J connectivity index is 2.58. The fourth-order valence-electron chi connectivity index (χ4n) is 1.53. The molecule has 1 aromatic heterocycles. The number of aryl methyl sites for hydroxylation is 1. The molecule has 1 aliphatic rings. The topological polar surface area (TPSA) is 89.1 Å². The van der Waals surface area contributed by atoms with Crippen LogP contribution in [0.3, 0.4) is 0 Å². The molecule has 74 valence electrons. The van der Waals surface area contributed by atoms with Crippen LogP contribution in [-0.2, 0) is 0 Å². The summed E-state index contributed by atoms with van der Waals surface area (Å²) in [6.45, 7) is 1.65. The summed E-state index contributed by atoms with van der Waals surface area (Å²) in [4.78, 5) is 18.8. The Kier molecular flexibility index (Phi) is 1.87. The van der Waals surface area contributed by atoms with Crippen molar-refractivity contribution in [2.75, 3.05) is 5.73 Å². The second kappa shape index (κ2) is 2.94. The van der Waals surface area contributed by atoms with Gasteiger partial charge >= 0.3 is 5.97 Å². The number of hydrogen-bond acceptors (Lipinski definition) is 4. The first-order valence-corrected chi connectivity index (χ1v) is 4.47. The van der Waals surface area contributed by atoms with E-state index < -0.39 is 5.97 Å². The largest absolute Gasteiger partial charge is 0.478 e. The minimum Gasteiger partial charge on any atom is -0.478 e. The SMILES string of the molecule is Cc1nc(N)nc(C2CC2)c1C(=O)O. The van der Waals surface area contributed by atoms with E-state index in [4.69, 9.17) is 10.8 Å². The summed E-state index contributed by atoms with van der Waals surface area (Å²) >= 11 is 0. The monoisotopic (exact) mass is 193 g/mol. The van der Waals surface area contributed by atoms with Crippen molar-refractivity contribution in [1.29, 1.82) is 0 Å². The van der Waals surface area contributed by atoms with Gasteiger partial charge in [-0.1, -0.05) is 0 Å². The van der Waals surface area contributed by atoms with Crippen molar-refractivity contribution < 1.29 is 9.90 Å². The first-order chi connectivity index (χ1) is 6.59. The number of carbonyl (C=O) groups is 1. The van der Waals surface area contributed by atoms with Crippen LogP contribution in [0.4, 0.5) is 5.95 Å². The van der Waals surface area contributed by atoms with Crippen molar-refractivity contribution in [2.24, 2.45) is 0 Å². The molecule has 0 bridgehead atoms. The number of hydrogen-bond donors (Lipinski definition) is 2. The van der Waals surface area contributed by atoms with Gasteiger partial charge in [0.15, 0.2) is 0 Å². The van der Waals surface area contributed by atoms with Crippen LogP contribution in [0, 0.1) is 6.92 Å². The van der Waals surface area contributed by atoms with Gasteiger partial charge in [0.25, 0.3) is 0 Å². The highest BCUT2D eigenvalue weighted by molar-refractivity contribution is 5.90. The molecule has 0 atom stereocenters. The molecule has 1 aromatic rings. The van der Waals surface area contributed by atoms with Crippen LogP contribution in [0.1, 0.15) is 40.5 Å². The average Bonchev–Trinajstić information content (AvgIpc) is 2.82. The molecule has 5 heteroatoms. The zero-order chi connectivity index (χ0) is 10.3. The van der Waals surface area contributed by atoms with Crippen molar-refractivity contribution in [2.45, 2.75) is 25.7 Å². The molecular weight excluding hydrogens is 182 g/mol. The Morgan fingerprint density at radius 3 is 2.64 bits per heavy atom. The highest BCUT2D eigenvalue weighted by Crippen LogP contribution is 2.41. The third kappa shape index (κ3) is 1.41. The maximum atomic E-state index is 11.0. The van der Waals surface area contributed by atoms with Crippen molar-refractivity contribution in [3.63, 3.8) is 0 Å². The van der Waals surface area contributed by atoms with E-state index in [9.17, 15) is 4.79 Å². The van der Waals surface area contributed by atoms with Gasteiger partial charge in [-0.3, -0.25) is 0 Å². The van der Waals surface area contributed by atoms with Crippen LogP contribution in [0.2, 0.25) is 0 Å². The molecule has 0 amide bonds. The predicted molar refractivity (Wildman–Crippen MR) is 50.1 cm³/mol. The highest BCUT2D eigenvalue weighted by atomic mass is 16.4. The Bertz CT molecular complexity index is 399. The predicted octanol–water partition coefficient (Wildman–Crippen LogP) is 0.943. The minimum absolute atomic E-state index is 0.161. The van der Waals surface area contributed by atoms with Gasteiger partial charge < -0.3 is 10.8 Å². The third-order valence-electron chi connectivity index (χ3n) is 2.31. The fourth-order valence-corrected chi connectivity index (χ4v) is 1.53. The standard InChI is InChI=1S/C9H11N3O2/c1-4-6(8(13)14)7(5-2-3-5)12-9(10)11-4/h5H,2-3H2,1H3,(H,13,14)(H2,10,11,12). The second-order valence-electron chi connectivity index (χ2n) is 3.51. The van der Waals surface area contributed by atoms with Crippen molar-refractivity contribution in [1.82, 2.24) is 9.97 Å². The third-order valence-corrected chi connectivity index (χ3v) is 2.31. The average molecular weight is 193 g/mol. The molecule has 0 spiro atoms. The van der Waals surface area contributed by atoms with Crippen LogP contribution < -0.4 is 5.73 Å². The zero-order valence-electron chi connectivity index (χ0n) is 7.82. The fraction of sp³-hybridized carbons (Fsp3) is 0.444. The van der Waals surface area contributed by atoms with Gasteiger partial charge in [-0.25, -0.2) is 14.8 Å². The van der Waals surface area contributed by atoms with Crippen LogP contribution in [0.25, 0.3) is 0 Å². The molecule has 2 rings (SSSR count). The minimum atomic E-state index is -0.968. The lowest BCUT2D eigenvalue weighted by atomic mass is 10.1. The second-order valence-corrected chi connectivity index (χ2v) is 3.51. The lowest BCUT2D eigenvalue weighted by Gasteiger charge is -2.06. The van der Waals surface area contributed by atoms with Gasteiger partial charge in [-0.05, 0) is 19.8 Å². The molecule has 0 unspecified atom stereocenters. The molecule has 3 N–H and O–H groups in total. The first kappa shape index (κ1) is 8.93. The van der Waals surface area contributed by atoms with Gasteiger partial charge in [0, 0.05) is 5.92 Å². The molecular formula is C9H11N3O2. The smallest absolute Gasteiger partial charge is 0.339 e. The summed E-state index contributed by atoms with van der Waals surface area (Å²) in [5.41, 5.74) is 6.75. The van der Waals surface area contributed by atoms with Gasteiger partial charge in [0.1, 0.15) is 5.56 Å². The van der Waals surface area contributed by atoms with Crippen molar-refractivity contribution in [3.8, 4) is 0 Å². The normalized spacial score (nSPS) is 15.5. The van der Waals surface area contributed by atoms with E-state index in [1.807, 2.05) is 0 Å². The van der Waals surface area contributed by atoms with Crippen LogP contribution in [-0.4, -0.2) is 21.0 Å². The highest BCUT2D eigenvalue weighted by Gasteiger charge is 2.31. The number of aromatic carboxylic acids is 1. The summed E-state index contributed by atoms with van der Waals surface area (Å²) in [6.07, 6.45) is 1.99. The maximum Gasteiger partial charge on any atom is 0.339 e. The van der Waals surface area contributed by atoms with E-state index >= 15 is 0 Å². The molecule has 1 saturated carbocycles. The van der Waals surface area contributed by atoms with Crippen LogP contribution >= 0.6 is 0 Å². The summed E-state index contributed by atoms with van der Waals surface area (Å²) in [6, 6.07) is 0. The van der Waals surface area contributed by atoms with E-state index in [0.717, 1.165) is 12.8 Å². The van der Waals surface area contributed by atoms with E-state index in [-0.39, 0.29) is 17.4 Å². The number of nitrogens with two attached hydrogens (primary N) is 1. The molecule has 0 aromatic carbocycles. The van der Waals surface area contributed by atoms with Gasteiger partial charge in [-0.2, -0.15) is 0 Å². The number of nitrogens with zero attached hydrogens (tertiary/aromatic N) is 2. The molecule has 0 saturated heterocycles. The Morgan fingerprint density at radius 1 is 1.50 bits per heavy atom. The zero-order valence-corrected chi connectivity index (χ0v) is 7.82. The molecule has 0 radical (unpaired) electrons. The number of carboxylic acids is 1. The summed E-state index contributed by atoms with van der Waals surface area (Å²) in [5.74, 6) is -0.538. The van der Waals surface area contributed by atoms with Crippen LogP contribution in [0.15, 0.2) is 0 Å². The Labute approximate surface area is 81.0 Å². The Morgan fingerprint density at radius 2 is 2.14 bits per heavy atom. The van der Waals surface area contributed by atoms with Crippen molar-refractivity contribution >= 4 is 11.9 Å². The van der Waals surface area contributed by atoms with E-state index in [2.05, 4.69) is 9.97 Å². The molecule has 1 aliphatic carbocycles. The molecule has 1 heterocycles. The summed E-state index contributed by atoms with van der Waals surface area (Å²) in [7, 11) is 0. The lowest BCUT2D eigenvalue weighted by molar-refractivity contribution is 0.0693. The maximum absolute atomic E-state index is 11.0. The lowest BCUT2D eigenvalue weighted by Crippen LogP contribution is -2.11. The van der Waals surface area contributed by atoms with Crippen LogP contribution in [0.5, 0.6) is 0 Å².